The Morgan fingerprint density at radius 2 is 2.19 bits per heavy atom. The number of aromatic amines is 1. The van der Waals surface area contributed by atoms with Crippen molar-refractivity contribution in [1.29, 1.82) is 0 Å². The lowest BCUT2D eigenvalue weighted by molar-refractivity contribution is 0.390. The fourth-order valence-electron chi connectivity index (χ4n) is 1.52. The van der Waals surface area contributed by atoms with Crippen LogP contribution in [0.15, 0.2) is 10.9 Å². The van der Waals surface area contributed by atoms with E-state index in [-0.39, 0.29) is 5.56 Å². The molecule has 0 aliphatic rings. The fourth-order valence-corrected chi connectivity index (χ4v) is 1.52. The number of hydrogen-bond donors (Lipinski definition) is 1. The molecule has 0 aliphatic carbocycles. The average molecular weight is 221 g/mol. The number of nitrogens with one attached hydrogen (secondary N) is 1. The lowest BCUT2D eigenvalue weighted by Crippen LogP contribution is -2.16. The Morgan fingerprint density at radius 3 is 2.81 bits per heavy atom. The molecule has 6 nitrogen and oxygen atoms in total. The zero-order valence-electron chi connectivity index (χ0n) is 9.69. The van der Waals surface area contributed by atoms with Crippen molar-refractivity contribution in [3.63, 3.8) is 0 Å². The van der Waals surface area contributed by atoms with Crippen LogP contribution in [0.4, 0.5) is 0 Å². The summed E-state index contributed by atoms with van der Waals surface area (Å²) >= 11 is 0. The van der Waals surface area contributed by atoms with E-state index in [1.54, 1.807) is 0 Å². The quantitative estimate of drug-likeness (QED) is 0.794. The monoisotopic (exact) mass is 221 g/mol. The van der Waals surface area contributed by atoms with Gasteiger partial charge in [0.1, 0.15) is 5.82 Å². The summed E-state index contributed by atoms with van der Waals surface area (Å²) in [5.41, 5.74) is 0.659. The van der Waals surface area contributed by atoms with E-state index < -0.39 is 0 Å². The molecule has 0 amide bonds. The van der Waals surface area contributed by atoms with Gasteiger partial charge in [-0.2, -0.15) is 9.50 Å². The number of fused-ring (bicyclic) bond motifs is 1. The van der Waals surface area contributed by atoms with Gasteiger partial charge < -0.3 is 4.90 Å². The molecule has 0 saturated carbocycles. The molecule has 1 N–H and O–H groups in total. The topological polar surface area (TPSA) is 66.3 Å². The van der Waals surface area contributed by atoms with Crippen molar-refractivity contribution in [3.05, 3.63) is 27.9 Å². The summed E-state index contributed by atoms with van der Waals surface area (Å²) in [6.07, 6.45) is 0.738. The lowest BCUT2D eigenvalue weighted by atomic mass is 10.3. The normalized spacial score (nSPS) is 11.5. The predicted molar refractivity (Wildman–Crippen MR) is 60.4 cm³/mol. The Kier molecular flexibility index (Phi) is 2.74. The van der Waals surface area contributed by atoms with Crippen LogP contribution in [0, 0.1) is 0 Å². The van der Waals surface area contributed by atoms with Crippen molar-refractivity contribution >= 4 is 5.78 Å². The van der Waals surface area contributed by atoms with Gasteiger partial charge in [-0.3, -0.25) is 9.89 Å². The fraction of sp³-hybridized carbons (Fsp3) is 0.500. The van der Waals surface area contributed by atoms with E-state index in [4.69, 9.17) is 0 Å². The third-order valence-corrected chi connectivity index (χ3v) is 2.26. The number of hydrogen-bond acceptors (Lipinski definition) is 4. The first-order chi connectivity index (χ1) is 7.60. The Hall–Kier alpha value is -1.69. The molecule has 2 aromatic heterocycles. The van der Waals surface area contributed by atoms with Gasteiger partial charge in [0, 0.05) is 11.8 Å². The van der Waals surface area contributed by atoms with Gasteiger partial charge in [0.05, 0.1) is 6.54 Å². The summed E-state index contributed by atoms with van der Waals surface area (Å²) in [5, 5.41) is 2.94. The van der Waals surface area contributed by atoms with Gasteiger partial charge in [0.25, 0.3) is 11.3 Å². The third-order valence-electron chi connectivity index (χ3n) is 2.26. The van der Waals surface area contributed by atoms with Crippen LogP contribution in [-0.4, -0.2) is 38.6 Å². The minimum atomic E-state index is -0.112. The van der Waals surface area contributed by atoms with Crippen molar-refractivity contribution in [2.24, 2.45) is 0 Å². The van der Waals surface area contributed by atoms with Crippen molar-refractivity contribution in [3.8, 4) is 0 Å². The first kappa shape index (κ1) is 10.8. The third kappa shape index (κ3) is 1.96. The van der Waals surface area contributed by atoms with Crippen LogP contribution in [0.25, 0.3) is 5.78 Å². The summed E-state index contributed by atoms with van der Waals surface area (Å²) in [5.74, 6) is 1.18. The molecular weight excluding hydrogens is 206 g/mol. The van der Waals surface area contributed by atoms with Crippen LogP contribution in [0.5, 0.6) is 0 Å². The molecule has 0 unspecified atom stereocenters. The van der Waals surface area contributed by atoms with E-state index in [1.807, 2.05) is 25.9 Å². The largest absolute Gasteiger partial charge is 0.302 e. The van der Waals surface area contributed by atoms with Gasteiger partial charge >= 0.3 is 0 Å². The maximum absolute atomic E-state index is 11.7. The van der Waals surface area contributed by atoms with E-state index in [9.17, 15) is 4.79 Å². The molecule has 0 spiro atoms. The molecule has 2 aromatic rings. The van der Waals surface area contributed by atoms with Crippen LogP contribution in [0.1, 0.15) is 18.4 Å². The highest BCUT2D eigenvalue weighted by Gasteiger charge is 2.07. The molecule has 16 heavy (non-hydrogen) atoms. The van der Waals surface area contributed by atoms with Gasteiger partial charge in [0.15, 0.2) is 0 Å². The van der Waals surface area contributed by atoms with Gasteiger partial charge in [-0.1, -0.05) is 6.92 Å². The lowest BCUT2D eigenvalue weighted by Gasteiger charge is -2.04. The molecule has 86 valence electrons. The number of aromatic nitrogens is 4. The molecule has 2 rings (SSSR count). The van der Waals surface area contributed by atoms with E-state index in [2.05, 4.69) is 15.1 Å². The van der Waals surface area contributed by atoms with Crippen molar-refractivity contribution in [1.82, 2.24) is 24.5 Å². The van der Waals surface area contributed by atoms with E-state index in [0.717, 1.165) is 17.9 Å². The predicted octanol–water partition coefficient (Wildman–Crippen LogP) is 0.0416. The van der Waals surface area contributed by atoms with Crippen LogP contribution >= 0.6 is 0 Å². The van der Waals surface area contributed by atoms with Gasteiger partial charge in [-0.15, -0.1) is 0 Å². The highest BCUT2D eigenvalue weighted by molar-refractivity contribution is 5.27. The van der Waals surface area contributed by atoms with Crippen molar-refractivity contribution < 1.29 is 0 Å². The van der Waals surface area contributed by atoms with E-state index in [0.29, 0.717) is 12.3 Å². The van der Waals surface area contributed by atoms with Crippen LogP contribution in [0.3, 0.4) is 0 Å². The highest BCUT2D eigenvalue weighted by atomic mass is 16.1. The van der Waals surface area contributed by atoms with Gasteiger partial charge in [-0.25, -0.2) is 4.98 Å². The number of rotatable bonds is 3. The Balaban J connectivity index is 2.52. The molecule has 0 bridgehead atoms. The molecule has 0 saturated heterocycles. The second-order valence-electron chi connectivity index (χ2n) is 3.98. The van der Waals surface area contributed by atoms with E-state index in [1.165, 1.54) is 10.6 Å². The summed E-state index contributed by atoms with van der Waals surface area (Å²) < 4.78 is 1.37. The maximum Gasteiger partial charge on any atom is 0.274 e. The second-order valence-corrected chi connectivity index (χ2v) is 3.98. The molecule has 2 heterocycles. The zero-order chi connectivity index (χ0) is 11.7. The standard InChI is InChI=1S/C10H15N5O/c1-4-7-5-9(16)15-10(11-7)12-8(13-15)6-14(2)3/h5H,4,6H2,1-3H3,(H,11,12,13). The Morgan fingerprint density at radius 1 is 1.44 bits per heavy atom. The molecule has 0 atom stereocenters. The minimum Gasteiger partial charge on any atom is -0.302 e. The van der Waals surface area contributed by atoms with Crippen molar-refractivity contribution in [2.75, 3.05) is 14.1 Å². The number of nitrogens with zero attached hydrogens (tertiary/aromatic N) is 4. The minimum absolute atomic E-state index is 0.112. The first-order valence-corrected chi connectivity index (χ1v) is 5.22. The SMILES string of the molecule is CCc1cc(=O)n2[nH]c(CN(C)C)nc2n1. The summed E-state index contributed by atoms with van der Waals surface area (Å²) in [7, 11) is 3.89. The molecule has 0 aromatic carbocycles. The van der Waals surface area contributed by atoms with Gasteiger partial charge in [0.2, 0.25) is 0 Å². The summed E-state index contributed by atoms with van der Waals surface area (Å²) in [4.78, 5) is 22.2. The molecular formula is C10H15N5O. The smallest absolute Gasteiger partial charge is 0.274 e. The maximum atomic E-state index is 11.7. The van der Waals surface area contributed by atoms with Gasteiger partial charge in [-0.05, 0) is 20.5 Å². The Labute approximate surface area is 92.9 Å². The average Bonchev–Trinajstić information content (AvgIpc) is 2.59. The van der Waals surface area contributed by atoms with Crippen LogP contribution in [-0.2, 0) is 13.0 Å². The summed E-state index contributed by atoms with van der Waals surface area (Å²) in [6.45, 7) is 2.62. The first-order valence-electron chi connectivity index (χ1n) is 5.22. The zero-order valence-corrected chi connectivity index (χ0v) is 9.69. The molecule has 6 heteroatoms. The van der Waals surface area contributed by atoms with Crippen LogP contribution in [0.2, 0.25) is 0 Å². The molecule has 0 radical (unpaired) electrons. The van der Waals surface area contributed by atoms with Crippen molar-refractivity contribution in [2.45, 2.75) is 19.9 Å². The molecule has 0 aliphatic heterocycles. The molecule has 0 fully saturated rings. The summed E-state index contributed by atoms with van der Waals surface area (Å²) in [6, 6.07) is 1.53. The number of H-pyrrole nitrogens is 1. The highest BCUT2D eigenvalue weighted by Crippen LogP contribution is 1.99. The Bertz CT molecular complexity index is 554. The second kappa shape index (κ2) is 4.05. The van der Waals surface area contributed by atoms with E-state index >= 15 is 0 Å². The number of aryl methyl sites for hydroxylation is 1. The van der Waals surface area contributed by atoms with Crippen LogP contribution < -0.4 is 5.56 Å².